The zero-order valence-corrected chi connectivity index (χ0v) is 9.30. The van der Waals surface area contributed by atoms with Crippen LogP contribution in [0, 0.1) is 0 Å². The van der Waals surface area contributed by atoms with Gasteiger partial charge in [0.25, 0.3) is 0 Å². The lowest BCUT2D eigenvalue weighted by atomic mass is 10.0. The summed E-state index contributed by atoms with van der Waals surface area (Å²) < 4.78 is 0. The smallest absolute Gasteiger partial charge is 0.0956 e. The molecule has 0 amide bonds. The normalized spacial score (nSPS) is 15.3. The number of pyridine rings is 1. The van der Waals surface area contributed by atoms with Gasteiger partial charge >= 0.3 is 0 Å². The van der Waals surface area contributed by atoms with Crippen molar-refractivity contribution in [1.29, 1.82) is 0 Å². The molecular weight excluding hydrogens is 190 g/mol. The van der Waals surface area contributed by atoms with E-state index in [1.54, 1.807) is 18.5 Å². The molecule has 0 aromatic carbocycles. The highest BCUT2D eigenvalue weighted by Gasteiger charge is 2.16. The van der Waals surface area contributed by atoms with Crippen LogP contribution in [-0.4, -0.2) is 41.7 Å². The van der Waals surface area contributed by atoms with Crippen LogP contribution in [0.25, 0.3) is 0 Å². The van der Waals surface area contributed by atoms with Gasteiger partial charge in [-0.25, -0.2) is 0 Å². The van der Waals surface area contributed by atoms with E-state index in [0.717, 1.165) is 18.5 Å². The van der Waals surface area contributed by atoms with Crippen LogP contribution in [0.4, 0.5) is 0 Å². The van der Waals surface area contributed by atoms with Crippen LogP contribution in [0.1, 0.15) is 18.1 Å². The molecule has 0 radical (unpaired) electrons. The molecule has 0 spiro atoms. The first kappa shape index (κ1) is 12.1. The van der Waals surface area contributed by atoms with Crippen LogP contribution in [0.2, 0.25) is 0 Å². The summed E-state index contributed by atoms with van der Waals surface area (Å²) in [6.45, 7) is 0.874. The van der Waals surface area contributed by atoms with Crippen molar-refractivity contribution in [2.45, 2.75) is 18.6 Å². The van der Waals surface area contributed by atoms with Gasteiger partial charge in [0.05, 0.1) is 6.10 Å². The molecule has 0 aliphatic carbocycles. The van der Waals surface area contributed by atoms with Gasteiger partial charge < -0.3 is 15.7 Å². The van der Waals surface area contributed by atoms with Crippen molar-refractivity contribution in [2.24, 2.45) is 5.73 Å². The lowest BCUT2D eigenvalue weighted by molar-refractivity contribution is 0.137. The molecule has 4 heteroatoms. The molecule has 4 nitrogen and oxygen atoms in total. The number of aromatic nitrogens is 1. The van der Waals surface area contributed by atoms with E-state index in [0.29, 0.717) is 0 Å². The van der Waals surface area contributed by atoms with Crippen LogP contribution in [0.15, 0.2) is 24.5 Å². The quantitative estimate of drug-likeness (QED) is 0.736. The Kier molecular flexibility index (Phi) is 4.68. The van der Waals surface area contributed by atoms with Crippen molar-refractivity contribution in [2.75, 3.05) is 20.6 Å². The topological polar surface area (TPSA) is 62.4 Å². The van der Waals surface area contributed by atoms with Gasteiger partial charge in [-0.3, -0.25) is 4.98 Å². The van der Waals surface area contributed by atoms with E-state index in [4.69, 9.17) is 5.73 Å². The fraction of sp³-hybridized carbons (Fsp3) is 0.545. The Morgan fingerprint density at radius 3 is 2.80 bits per heavy atom. The largest absolute Gasteiger partial charge is 0.387 e. The Hall–Kier alpha value is -0.970. The summed E-state index contributed by atoms with van der Waals surface area (Å²) in [5.74, 6) is 0. The van der Waals surface area contributed by atoms with Gasteiger partial charge in [-0.05, 0) is 33.1 Å². The van der Waals surface area contributed by atoms with Gasteiger partial charge in [0, 0.05) is 24.0 Å². The van der Waals surface area contributed by atoms with Gasteiger partial charge in [0.1, 0.15) is 0 Å². The summed E-state index contributed by atoms with van der Waals surface area (Å²) >= 11 is 0. The summed E-state index contributed by atoms with van der Waals surface area (Å²) in [7, 11) is 3.98. The molecular formula is C11H19N3O. The number of nitrogens with two attached hydrogens (primary N) is 1. The van der Waals surface area contributed by atoms with Gasteiger partial charge in [-0.2, -0.15) is 0 Å². The minimum atomic E-state index is -0.626. The molecule has 2 unspecified atom stereocenters. The van der Waals surface area contributed by atoms with E-state index in [9.17, 15) is 5.11 Å². The average Bonchev–Trinajstić information content (AvgIpc) is 2.26. The van der Waals surface area contributed by atoms with E-state index >= 15 is 0 Å². The first-order chi connectivity index (χ1) is 7.11. The second kappa shape index (κ2) is 5.80. The van der Waals surface area contributed by atoms with Crippen molar-refractivity contribution in [1.82, 2.24) is 9.88 Å². The van der Waals surface area contributed by atoms with Gasteiger partial charge in [0.15, 0.2) is 0 Å². The zero-order valence-electron chi connectivity index (χ0n) is 9.30. The van der Waals surface area contributed by atoms with Gasteiger partial charge in [-0.1, -0.05) is 6.07 Å². The first-order valence-electron chi connectivity index (χ1n) is 5.09. The van der Waals surface area contributed by atoms with Crippen molar-refractivity contribution >= 4 is 0 Å². The van der Waals surface area contributed by atoms with Crippen molar-refractivity contribution in [3.63, 3.8) is 0 Å². The highest BCUT2D eigenvalue weighted by atomic mass is 16.3. The Morgan fingerprint density at radius 2 is 2.27 bits per heavy atom. The van der Waals surface area contributed by atoms with Crippen LogP contribution in [0.3, 0.4) is 0 Å². The van der Waals surface area contributed by atoms with Crippen LogP contribution in [-0.2, 0) is 0 Å². The summed E-state index contributed by atoms with van der Waals surface area (Å²) in [5.41, 5.74) is 6.67. The molecule has 2 atom stereocenters. The predicted molar refractivity (Wildman–Crippen MR) is 60.3 cm³/mol. The lowest BCUT2D eigenvalue weighted by Crippen LogP contribution is -2.32. The maximum Gasteiger partial charge on any atom is 0.0956 e. The fourth-order valence-corrected chi connectivity index (χ4v) is 1.36. The molecule has 1 aromatic rings. The molecule has 1 rings (SSSR count). The third-order valence-corrected chi connectivity index (χ3v) is 2.34. The number of hydrogen-bond donors (Lipinski definition) is 2. The van der Waals surface area contributed by atoms with Crippen LogP contribution >= 0.6 is 0 Å². The standard InChI is InChI=1S/C11H19N3O/c1-14(2)7-5-10(12)11(15)9-4-3-6-13-8-9/h3-4,6,8,10-11,15H,5,7,12H2,1-2H3. The van der Waals surface area contributed by atoms with E-state index in [1.807, 2.05) is 20.2 Å². The molecule has 0 saturated carbocycles. The van der Waals surface area contributed by atoms with E-state index in [2.05, 4.69) is 9.88 Å². The lowest BCUT2D eigenvalue weighted by Gasteiger charge is -2.20. The Morgan fingerprint density at radius 1 is 1.53 bits per heavy atom. The Bertz CT molecular complexity index is 276. The zero-order chi connectivity index (χ0) is 11.3. The monoisotopic (exact) mass is 209 g/mol. The molecule has 0 fully saturated rings. The molecule has 0 bridgehead atoms. The summed E-state index contributed by atoms with van der Waals surface area (Å²) in [6.07, 6.45) is 3.48. The van der Waals surface area contributed by atoms with Crippen LogP contribution < -0.4 is 5.73 Å². The molecule has 0 aliphatic heterocycles. The van der Waals surface area contributed by atoms with E-state index in [1.165, 1.54) is 0 Å². The van der Waals surface area contributed by atoms with Crippen LogP contribution in [0.5, 0.6) is 0 Å². The molecule has 0 aliphatic rings. The highest BCUT2D eigenvalue weighted by Crippen LogP contribution is 2.15. The minimum absolute atomic E-state index is 0.239. The van der Waals surface area contributed by atoms with Crippen molar-refractivity contribution in [3.05, 3.63) is 30.1 Å². The van der Waals surface area contributed by atoms with Gasteiger partial charge in [-0.15, -0.1) is 0 Å². The third-order valence-electron chi connectivity index (χ3n) is 2.34. The SMILES string of the molecule is CN(C)CCC(N)C(O)c1cccnc1. The Balaban J connectivity index is 2.49. The van der Waals surface area contributed by atoms with Crippen molar-refractivity contribution in [3.8, 4) is 0 Å². The molecule has 1 aromatic heterocycles. The average molecular weight is 209 g/mol. The molecule has 0 saturated heterocycles. The molecule has 1 heterocycles. The number of nitrogens with zero attached hydrogens (tertiary/aromatic N) is 2. The first-order valence-corrected chi connectivity index (χ1v) is 5.09. The summed E-state index contributed by atoms with van der Waals surface area (Å²) in [5, 5.41) is 9.92. The summed E-state index contributed by atoms with van der Waals surface area (Å²) in [4.78, 5) is 6.01. The molecule has 15 heavy (non-hydrogen) atoms. The van der Waals surface area contributed by atoms with Gasteiger partial charge in [0.2, 0.25) is 0 Å². The number of hydrogen-bond acceptors (Lipinski definition) is 4. The number of rotatable bonds is 5. The van der Waals surface area contributed by atoms with Crippen molar-refractivity contribution < 1.29 is 5.11 Å². The summed E-state index contributed by atoms with van der Waals surface area (Å²) in [6, 6.07) is 3.40. The maximum absolute atomic E-state index is 9.92. The Labute approximate surface area is 90.7 Å². The third kappa shape index (κ3) is 3.95. The minimum Gasteiger partial charge on any atom is -0.387 e. The molecule has 84 valence electrons. The highest BCUT2D eigenvalue weighted by molar-refractivity contribution is 5.13. The molecule has 3 N–H and O–H groups in total. The predicted octanol–water partition coefficient (Wildman–Crippen LogP) is 0.394. The second-order valence-corrected chi connectivity index (χ2v) is 3.99. The van der Waals surface area contributed by atoms with E-state index in [-0.39, 0.29) is 6.04 Å². The number of aliphatic hydroxyl groups is 1. The fourth-order valence-electron chi connectivity index (χ4n) is 1.36. The second-order valence-electron chi connectivity index (χ2n) is 3.99. The maximum atomic E-state index is 9.92. The van der Waals surface area contributed by atoms with E-state index < -0.39 is 6.10 Å². The number of aliphatic hydroxyl groups excluding tert-OH is 1.